The Morgan fingerprint density at radius 2 is 2.38 bits per heavy atom. The minimum Gasteiger partial charge on any atom is -0.369 e. The average molecular weight is 256 g/mol. The number of halogens is 1. The number of nitrogens with one attached hydrogen (secondary N) is 1. The molecule has 0 saturated heterocycles. The van der Waals surface area contributed by atoms with E-state index in [0.717, 1.165) is 29.0 Å². The molecule has 0 aliphatic heterocycles. The normalized spacial score (nSPS) is 12.9. The first-order chi connectivity index (χ1) is 7.81. The second kappa shape index (κ2) is 5.46. The Balaban J connectivity index is 2.06. The third-order valence-electron chi connectivity index (χ3n) is 2.48. The highest BCUT2D eigenvalue weighted by Gasteiger charge is 2.06. The van der Waals surface area contributed by atoms with Crippen molar-refractivity contribution in [1.29, 1.82) is 0 Å². The van der Waals surface area contributed by atoms with Crippen LogP contribution in [0.3, 0.4) is 0 Å². The van der Waals surface area contributed by atoms with Crippen LogP contribution in [0.15, 0.2) is 17.8 Å². The summed E-state index contributed by atoms with van der Waals surface area (Å²) in [6, 6.07) is 2.05. The molecular weight excluding hydrogens is 242 g/mol. The third kappa shape index (κ3) is 2.62. The van der Waals surface area contributed by atoms with Gasteiger partial charge in [-0.2, -0.15) is 0 Å². The molecule has 3 nitrogen and oxygen atoms in total. The first-order valence-corrected chi connectivity index (χ1v) is 6.70. The van der Waals surface area contributed by atoms with E-state index in [2.05, 4.69) is 28.3 Å². The van der Waals surface area contributed by atoms with Crippen molar-refractivity contribution in [3.63, 3.8) is 0 Å². The summed E-state index contributed by atoms with van der Waals surface area (Å²) in [5.74, 6) is 2.19. The van der Waals surface area contributed by atoms with Gasteiger partial charge in [0.15, 0.2) is 0 Å². The van der Waals surface area contributed by atoms with E-state index in [4.69, 9.17) is 11.6 Å². The summed E-state index contributed by atoms with van der Waals surface area (Å²) in [5.41, 5.74) is 0. The van der Waals surface area contributed by atoms with Crippen molar-refractivity contribution in [2.45, 2.75) is 13.3 Å². The van der Waals surface area contributed by atoms with Crippen molar-refractivity contribution >= 4 is 39.0 Å². The molecule has 2 aromatic rings. The van der Waals surface area contributed by atoms with Crippen molar-refractivity contribution in [2.24, 2.45) is 5.92 Å². The monoisotopic (exact) mass is 255 g/mol. The van der Waals surface area contributed by atoms with Gasteiger partial charge in [-0.05, 0) is 23.8 Å². The van der Waals surface area contributed by atoms with Crippen LogP contribution in [0.1, 0.15) is 13.3 Å². The predicted molar refractivity (Wildman–Crippen MR) is 70.4 cm³/mol. The largest absolute Gasteiger partial charge is 0.369 e. The molecule has 2 rings (SSSR count). The van der Waals surface area contributed by atoms with E-state index in [1.165, 1.54) is 0 Å². The van der Waals surface area contributed by atoms with E-state index < -0.39 is 0 Å². The van der Waals surface area contributed by atoms with E-state index >= 15 is 0 Å². The maximum atomic E-state index is 5.70. The van der Waals surface area contributed by atoms with Crippen molar-refractivity contribution < 1.29 is 0 Å². The average Bonchev–Trinajstić information content (AvgIpc) is 2.75. The summed E-state index contributed by atoms with van der Waals surface area (Å²) in [5, 5.41) is 6.49. The Labute approximate surface area is 104 Å². The van der Waals surface area contributed by atoms with Crippen LogP contribution in [0.25, 0.3) is 10.2 Å². The van der Waals surface area contributed by atoms with Gasteiger partial charge in [-0.15, -0.1) is 22.9 Å². The van der Waals surface area contributed by atoms with Gasteiger partial charge in [0, 0.05) is 12.4 Å². The quantitative estimate of drug-likeness (QED) is 0.833. The molecule has 0 aromatic carbocycles. The van der Waals surface area contributed by atoms with E-state index in [9.17, 15) is 0 Å². The Bertz CT molecular complexity index is 457. The van der Waals surface area contributed by atoms with Gasteiger partial charge in [0.1, 0.15) is 17.0 Å². The van der Waals surface area contributed by atoms with Gasteiger partial charge < -0.3 is 5.32 Å². The number of rotatable bonds is 5. The van der Waals surface area contributed by atoms with Gasteiger partial charge in [0.05, 0.1) is 5.39 Å². The molecule has 16 heavy (non-hydrogen) atoms. The smallest absolute Gasteiger partial charge is 0.138 e. The Morgan fingerprint density at radius 3 is 3.19 bits per heavy atom. The van der Waals surface area contributed by atoms with Crippen LogP contribution in [0, 0.1) is 5.92 Å². The summed E-state index contributed by atoms with van der Waals surface area (Å²) in [7, 11) is 0. The second-order valence-electron chi connectivity index (χ2n) is 3.83. The molecule has 1 N–H and O–H groups in total. The van der Waals surface area contributed by atoms with E-state index in [0.29, 0.717) is 11.8 Å². The summed E-state index contributed by atoms with van der Waals surface area (Å²) in [6.07, 6.45) is 2.62. The Morgan fingerprint density at radius 1 is 1.50 bits per heavy atom. The molecule has 0 amide bonds. The lowest BCUT2D eigenvalue weighted by molar-refractivity contribution is 0.596. The lowest BCUT2D eigenvalue weighted by Gasteiger charge is -2.11. The third-order valence-corrected chi connectivity index (χ3v) is 3.52. The molecule has 0 aliphatic rings. The van der Waals surface area contributed by atoms with Crippen LogP contribution in [0.2, 0.25) is 0 Å². The SMILES string of the molecule is CC(CCCl)CNc1ncnc2sccc12. The van der Waals surface area contributed by atoms with E-state index in [-0.39, 0.29) is 0 Å². The molecule has 2 heterocycles. The molecule has 0 aliphatic carbocycles. The van der Waals surface area contributed by atoms with Crippen LogP contribution in [0.5, 0.6) is 0 Å². The highest BCUT2D eigenvalue weighted by atomic mass is 35.5. The fourth-order valence-electron chi connectivity index (χ4n) is 1.49. The van der Waals surface area contributed by atoms with Crippen molar-refractivity contribution in [1.82, 2.24) is 9.97 Å². The maximum absolute atomic E-state index is 5.70. The molecule has 1 unspecified atom stereocenters. The number of thiophene rings is 1. The minimum atomic E-state index is 0.557. The second-order valence-corrected chi connectivity index (χ2v) is 5.10. The van der Waals surface area contributed by atoms with Crippen molar-refractivity contribution in [3.05, 3.63) is 17.8 Å². The summed E-state index contributed by atoms with van der Waals surface area (Å²) in [6.45, 7) is 3.08. The van der Waals surface area contributed by atoms with E-state index in [1.54, 1.807) is 17.7 Å². The van der Waals surface area contributed by atoms with Crippen molar-refractivity contribution in [2.75, 3.05) is 17.7 Å². The summed E-state index contributed by atoms with van der Waals surface area (Å²) >= 11 is 7.34. The van der Waals surface area contributed by atoms with Gasteiger partial charge in [-0.3, -0.25) is 0 Å². The number of hydrogen-bond acceptors (Lipinski definition) is 4. The number of alkyl halides is 1. The van der Waals surface area contributed by atoms with Crippen molar-refractivity contribution in [3.8, 4) is 0 Å². The molecule has 0 spiro atoms. The van der Waals surface area contributed by atoms with Crippen LogP contribution in [-0.4, -0.2) is 22.4 Å². The first-order valence-electron chi connectivity index (χ1n) is 5.29. The van der Waals surface area contributed by atoms with Crippen LogP contribution in [-0.2, 0) is 0 Å². The molecule has 2 aromatic heterocycles. The molecule has 0 bridgehead atoms. The maximum Gasteiger partial charge on any atom is 0.138 e. The van der Waals surface area contributed by atoms with Gasteiger partial charge in [0.25, 0.3) is 0 Å². The number of nitrogens with zero attached hydrogens (tertiary/aromatic N) is 2. The fourth-order valence-corrected chi connectivity index (χ4v) is 2.60. The summed E-state index contributed by atoms with van der Waals surface area (Å²) < 4.78 is 0. The van der Waals surface area contributed by atoms with Gasteiger partial charge in [-0.1, -0.05) is 6.92 Å². The van der Waals surface area contributed by atoms with Crippen LogP contribution < -0.4 is 5.32 Å². The number of fused-ring (bicyclic) bond motifs is 1. The standard InChI is InChI=1S/C11H14ClN3S/c1-8(2-4-12)6-13-10-9-3-5-16-11(9)15-7-14-10/h3,5,7-8H,2,4,6H2,1H3,(H,13,14,15). The fraction of sp³-hybridized carbons (Fsp3) is 0.455. The van der Waals surface area contributed by atoms with Gasteiger partial charge >= 0.3 is 0 Å². The van der Waals surface area contributed by atoms with Crippen LogP contribution in [0.4, 0.5) is 5.82 Å². The Hall–Kier alpha value is -0.870. The topological polar surface area (TPSA) is 37.8 Å². The number of anilines is 1. The Kier molecular flexibility index (Phi) is 3.96. The zero-order chi connectivity index (χ0) is 11.4. The molecular formula is C11H14ClN3S. The van der Waals surface area contributed by atoms with Gasteiger partial charge in [-0.25, -0.2) is 9.97 Å². The minimum absolute atomic E-state index is 0.557. The predicted octanol–water partition coefficient (Wildman–Crippen LogP) is 3.37. The molecule has 0 fully saturated rings. The summed E-state index contributed by atoms with van der Waals surface area (Å²) in [4.78, 5) is 9.50. The first kappa shape index (κ1) is 11.6. The molecule has 1 atom stereocenters. The lowest BCUT2D eigenvalue weighted by atomic mass is 10.1. The van der Waals surface area contributed by atoms with E-state index in [1.807, 2.05) is 5.38 Å². The zero-order valence-electron chi connectivity index (χ0n) is 9.11. The highest BCUT2D eigenvalue weighted by Crippen LogP contribution is 2.23. The lowest BCUT2D eigenvalue weighted by Crippen LogP contribution is -2.12. The zero-order valence-corrected chi connectivity index (χ0v) is 10.7. The number of aromatic nitrogens is 2. The molecule has 86 valence electrons. The molecule has 5 heteroatoms. The molecule has 0 radical (unpaired) electrons. The highest BCUT2D eigenvalue weighted by molar-refractivity contribution is 7.16. The number of hydrogen-bond donors (Lipinski definition) is 1. The molecule has 0 saturated carbocycles. The van der Waals surface area contributed by atoms with Gasteiger partial charge in [0.2, 0.25) is 0 Å². The van der Waals surface area contributed by atoms with Crippen LogP contribution >= 0.6 is 22.9 Å².